The molecule has 3 aliphatic rings. The zero-order valence-electron chi connectivity index (χ0n) is 15.4. The Morgan fingerprint density at radius 2 is 1.89 bits per heavy atom. The van der Waals surface area contributed by atoms with Crippen LogP contribution < -0.4 is 0 Å². The summed E-state index contributed by atoms with van der Waals surface area (Å²) in [5, 5.41) is 15.2. The van der Waals surface area contributed by atoms with Crippen LogP contribution in [-0.2, 0) is 15.1 Å². The summed E-state index contributed by atoms with van der Waals surface area (Å²) in [6.45, 7) is 5.70. The fourth-order valence-electron chi connectivity index (χ4n) is 4.34. The molecule has 3 fully saturated rings. The van der Waals surface area contributed by atoms with Crippen molar-refractivity contribution in [2.24, 2.45) is 5.92 Å². The van der Waals surface area contributed by atoms with Crippen molar-refractivity contribution in [3.63, 3.8) is 0 Å². The van der Waals surface area contributed by atoms with Crippen LogP contribution in [0, 0.1) is 17.8 Å². The largest absolute Gasteiger partial charge is 0.453 e. The minimum Gasteiger partial charge on any atom is -0.453 e. The van der Waals surface area contributed by atoms with Crippen LogP contribution in [0.1, 0.15) is 29.5 Å². The molecule has 1 N–H and O–H groups in total. The number of piperidine rings is 3. The molecule has 3 aliphatic heterocycles. The maximum atomic E-state index is 13.2. The number of quaternary nitrogens is 1. The first-order valence-corrected chi connectivity index (χ1v) is 11.1. The lowest BCUT2D eigenvalue weighted by Gasteiger charge is -2.51. The Bertz CT molecular complexity index is 806. The van der Waals surface area contributed by atoms with E-state index in [1.165, 1.54) is 22.7 Å². The fraction of sp³-hybridized carbons (Fsp3) is 0.476. The molecular weight excluding hydrogens is 378 g/mol. The van der Waals surface area contributed by atoms with Crippen molar-refractivity contribution in [1.82, 2.24) is 0 Å². The van der Waals surface area contributed by atoms with E-state index >= 15 is 0 Å². The highest BCUT2D eigenvalue weighted by molar-refractivity contribution is 7.12. The van der Waals surface area contributed by atoms with E-state index in [0.717, 1.165) is 43.5 Å². The predicted molar refractivity (Wildman–Crippen MR) is 107 cm³/mol. The molecule has 1 atom stereocenters. The molecule has 0 saturated carbocycles. The van der Waals surface area contributed by atoms with Gasteiger partial charge in [-0.05, 0) is 35.7 Å². The molecule has 6 heteroatoms. The number of aliphatic hydroxyl groups is 1. The van der Waals surface area contributed by atoms with Crippen molar-refractivity contribution < 1.29 is 19.1 Å². The van der Waals surface area contributed by atoms with Gasteiger partial charge in [-0.15, -0.1) is 28.6 Å². The van der Waals surface area contributed by atoms with Gasteiger partial charge >= 0.3 is 5.97 Å². The van der Waals surface area contributed by atoms with Gasteiger partial charge in [-0.25, -0.2) is 4.79 Å². The number of nitrogens with zero attached hydrogens (tertiary/aromatic N) is 1. The van der Waals surface area contributed by atoms with E-state index in [1.54, 1.807) is 12.1 Å². The van der Waals surface area contributed by atoms with Crippen LogP contribution in [-0.4, -0.2) is 47.8 Å². The molecule has 142 valence electrons. The highest BCUT2D eigenvalue weighted by Gasteiger charge is 2.51. The summed E-state index contributed by atoms with van der Waals surface area (Å²) in [7, 11) is 0. The number of rotatable bonds is 5. The van der Waals surface area contributed by atoms with Crippen molar-refractivity contribution in [1.29, 1.82) is 0 Å². The van der Waals surface area contributed by atoms with Crippen LogP contribution in [0.2, 0.25) is 0 Å². The standard InChI is InChI=1S/C21H24NO3S2/c1-2-3-10-22-11-8-16(9-12-22)17(15-22)25-20(23)21(24,18-6-4-13-26-18)19-7-5-14-27-19/h4-7,13-14,16-17,24H,8-12,15H2,1H3/q+1/t16?,17-,22?/m0/s1. The Hall–Kier alpha value is -1.65. The van der Waals surface area contributed by atoms with Crippen molar-refractivity contribution in [2.75, 3.05) is 26.2 Å². The third-order valence-corrected chi connectivity index (χ3v) is 7.90. The summed E-state index contributed by atoms with van der Waals surface area (Å²) in [5.74, 6) is 6.05. The van der Waals surface area contributed by atoms with Gasteiger partial charge in [0.15, 0.2) is 6.10 Å². The highest BCUT2D eigenvalue weighted by Crippen LogP contribution is 2.40. The number of ether oxygens (including phenoxy) is 1. The van der Waals surface area contributed by atoms with Gasteiger partial charge in [0.25, 0.3) is 0 Å². The summed E-state index contributed by atoms with van der Waals surface area (Å²) in [4.78, 5) is 14.4. The van der Waals surface area contributed by atoms with Gasteiger partial charge in [-0.3, -0.25) is 0 Å². The van der Waals surface area contributed by atoms with Gasteiger partial charge in [0, 0.05) is 18.8 Å². The normalized spacial score (nSPS) is 27.0. The first kappa shape index (κ1) is 18.7. The number of hydrogen-bond donors (Lipinski definition) is 1. The first-order chi connectivity index (χ1) is 13.1. The number of thiophene rings is 2. The minimum atomic E-state index is -1.72. The van der Waals surface area contributed by atoms with Crippen molar-refractivity contribution >= 4 is 28.6 Å². The molecule has 4 nitrogen and oxygen atoms in total. The third kappa shape index (κ3) is 3.34. The molecule has 0 aromatic carbocycles. The molecular formula is C21H24NO3S2+. The van der Waals surface area contributed by atoms with Gasteiger partial charge in [0.1, 0.15) is 13.1 Å². The average Bonchev–Trinajstić information content (AvgIpc) is 3.41. The Balaban J connectivity index is 1.58. The zero-order chi connectivity index (χ0) is 18.9. The van der Waals surface area contributed by atoms with Crippen LogP contribution in [0.4, 0.5) is 0 Å². The molecule has 0 spiro atoms. The maximum absolute atomic E-state index is 13.2. The average molecular weight is 403 g/mol. The van der Waals surface area contributed by atoms with E-state index in [-0.39, 0.29) is 6.10 Å². The lowest BCUT2D eigenvalue weighted by atomic mass is 9.83. The Morgan fingerprint density at radius 1 is 1.26 bits per heavy atom. The fourth-order valence-corrected chi connectivity index (χ4v) is 6.05. The lowest BCUT2D eigenvalue weighted by molar-refractivity contribution is -0.939. The van der Waals surface area contributed by atoms with E-state index in [1.807, 2.05) is 29.8 Å². The predicted octanol–water partition coefficient (Wildman–Crippen LogP) is 3.22. The summed E-state index contributed by atoms with van der Waals surface area (Å²) in [6.07, 6.45) is 1.96. The van der Waals surface area contributed by atoms with Gasteiger partial charge in [-0.2, -0.15) is 0 Å². The smallest absolute Gasteiger partial charge is 0.349 e. The molecule has 5 rings (SSSR count). The first-order valence-electron chi connectivity index (χ1n) is 9.33. The number of carbonyl (C=O) groups excluding carboxylic acids is 1. The van der Waals surface area contributed by atoms with Gasteiger partial charge in [0.2, 0.25) is 5.60 Å². The number of fused-ring (bicyclic) bond motifs is 3. The van der Waals surface area contributed by atoms with E-state index in [9.17, 15) is 9.90 Å². The van der Waals surface area contributed by atoms with Crippen molar-refractivity contribution in [3.05, 3.63) is 44.8 Å². The second-order valence-corrected chi connectivity index (χ2v) is 9.40. The maximum Gasteiger partial charge on any atom is 0.349 e. The van der Waals surface area contributed by atoms with Gasteiger partial charge in [-0.1, -0.05) is 12.1 Å². The number of carbonyl (C=O) groups is 1. The highest BCUT2D eigenvalue weighted by atomic mass is 32.1. The summed E-state index contributed by atoms with van der Waals surface area (Å²) in [5.41, 5.74) is -1.72. The number of esters is 1. The Labute approximate surface area is 168 Å². The summed E-state index contributed by atoms with van der Waals surface area (Å²) < 4.78 is 6.91. The van der Waals surface area contributed by atoms with E-state index < -0.39 is 11.6 Å². The van der Waals surface area contributed by atoms with Gasteiger partial charge in [0.05, 0.1) is 22.8 Å². The third-order valence-electron chi connectivity index (χ3n) is 5.94. The SMILES string of the molecule is CC#CC[N+]12CCC(CC1)[C@@H](OC(=O)C(O)(c1cccs1)c1cccs1)C2. The molecule has 2 bridgehead atoms. The monoisotopic (exact) mass is 402 g/mol. The van der Waals surface area contributed by atoms with Crippen molar-refractivity contribution in [3.8, 4) is 11.8 Å². The molecule has 5 heterocycles. The van der Waals surface area contributed by atoms with Crippen molar-refractivity contribution in [2.45, 2.75) is 31.5 Å². The van der Waals surface area contributed by atoms with E-state index in [0.29, 0.717) is 15.7 Å². The molecule has 27 heavy (non-hydrogen) atoms. The summed E-state index contributed by atoms with van der Waals surface area (Å²) >= 11 is 2.76. The quantitative estimate of drug-likeness (QED) is 0.475. The molecule has 2 aromatic rings. The Morgan fingerprint density at radius 3 is 2.41 bits per heavy atom. The molecule has 0 aliphatic carbocycles. The molecule has 0 radical (unpaired) electrons. The lowest BCUT2D eigenvalue weighted by Crippen LogP contribution is -2.64. The second kappa shape index (κ2) is 7.40. The van der Waals surface area contributed by atoms with Crippen LogP contribution >= 0.6 is 22.7 Å². The van der Waals surface area contributed by atoms with Gasteiger partial charge < -0.3 is 14.3 Å². The number of hydrogen-bond acceptors (Lipinski definition) is 5. The molecule has 3 saturated heterocycles. The zero-order valence-corrected chi connectivity index (χ0v) is 17.0. The summed E-state index contributed by atoms with van der Waals surface area (Å²) in [6, 6.07) is 7.30. The van der Waals surface area contributed by atoms with Crippen LogP contribution in [0.5, 0.6) is 0 Å². The van der Waals surface area contributed by atoms with Crippen LogP contribution in [0.15, 0.2) is 35.0 Å². The topological polar surface area (TPSA) is 46.5 Å². The molecule has 0 amide bonds. The molecule has 2 aromatic heterocycles. The Kier molecular flexibility index (Phi) is 5.13. The minimum absolute atomic E-state index is 0.148. The van der Waals surface area contributed by atoms with Crippen LogP contribution in [0.25, 0.3) is 0 Å². The van der Waals surface area contributed by atoms with E-state index in [2.05, 4.69) is 11.8 Å². The molecule has 0 unspecified atom stereocenters. The van der Waals surface area contributed by atoms with Crippen LogP contribution in [0.3, 0.4) is 0 Å². The van der Waals surface area contributed by atoms with E-state index in [4.69, 9.17) is 4.74 Å². The second-order valence-electron chi connectivity index (χ2n) is 7.50.